The minimum absolute atomic E-state index is 0.143. The van der Waals surface area contributed by atoms with Gasteiger partial charge in [0.25, 0.3) is 5.56 Å². The van der Waals surface area contributed by atoms with Gasteiger partial charge in [-0.25, -0.2) is 4.68 Å². The summed E-state index contributed by atoms with van der Waals surface area (Å²) in [4.78, 5) is 12.0. The number of rotatable bonds is 5. The molecule has 0 atom stereocenters. The first-order chi connectivity index (χ1) is 9.58. The molecular formula is C13H16ClN5O. The highest BCUT2D eigenvalue weighted by Crippen LogP contribution is 2.16. The van der Waals surface area contributed by atoms with E-state index in [2.05, 4.69) is 20.6 Å². The van der Waals surface area contributed by atoms with E-state index in [0.717, 1.165) is 5.69 Å². The lowest BCUT2D eigenvalue weighted by Gasteiger charge is -2.11. The van der Waals surface area contributed by atoms with Gasteiger partial charge in [0.05, 0.1) is 24.1 Å². The highest BCUT2D eigenvalue weighted by atomic mass is 35.5. The average molecular weight is 294 g/mol. The molecular weight excluding hydrogens is 278 g/mol. The van der Waals surface area contributed by atoms with Crippen molar-refractivity contribution in [2.45, 2.75) is 26.9 Å². The topological polar surface area (TPSA) is 72.7 Å². The van der Waals surface area contributed by atoms with Crippen LogP contribution in [0.5, 0.6) is 0 Å². The summed E-state index contributed by atoms with van der Waals surface area (Å²) in [5.74, 6) is 0.328. The molecule has 6 nitrogen and oxygen atoms in total. The van der Waals surface area contributed by atoms with Gasteiger partial charge in [-0.1, -0.05) is 25.4 Å². The summed E-state index contributed by atoms with van der Waals surface area (Å²) in [6, 6.07) is 3.63. The molecule has 2 aromatic rings. The summed E-state index contributed by atoms with van der Waals surface area (Å²) in [5.41, 5.74) is 0.974. The molecule has 7 heteroatoms. The van der Waals surface area contributed by atoms with Crippen LogP contribution in [0.3, 0.4) is 0 Å². The van der Waals surface area contributed by atoms with Crippen LogP contribution < -0.4 is 10.9 Å². The van der Waals surface area contributed by atoms with E-state index in [-0.39, 0.29) is 10.6 Å². The molecule has 0 aromatic carbocycles. The number of hydrogen-bond donors (Lipinski definition) is 1. The monoisotopic (exact) mass is 293 g/mol. The van der Waals surface area contributed by atoms with Gasteiger partial charge in [0, 0.05) is 12.7 Å². The Kier molecular flexibility index (Phi) is 4.68. The van der Waals surface area contributed by atoms with Crippen LogP contribution in [0.25, 0.3) is 0 Å². The van der Waals surface area contributed by atoms with Crippen LogP contribution in [0.4, 0.5) is 5.69 Å². The van der Waals surface area contributed by atoms with E-state index in [1.54, 1.807) is 18.5 Å². The Morgan fingerprint density at radius 2 is 2.25 bits per heavy atom. The molecule has 0 unspecified atom stereocenters. The summed E-state index contributed by atoms with van der Waals surface area (Å²) < 4.78 is 1.38. The fourth-order valence-corrected chi connectivity index (χ4v) is 1.89. The Morgan fingerprint density at radius 3 is 2.90 bits per heavy atom. The predicted molar refractivity (Wildman–Crippen MR) is 77.7 cm³/mol. The highest BCUT2D eigenvalue weighted by molar-refractivity contribution is 6.32. The van der Waals surface area contributed by atoms with E-state index in [1.165, 1.54) is 4.68 Å². The molecule has 20 heavy (non-hydrogen) atoms. The van der Waals surface area contributed by atoms with Crippen LogP contribution in [0.1, 0.15) is 19.5 Å². The Labute approximate surface area is 121 Å². The van der Waals surface area contributed by atoms with Crippen molar-refractivity contribution in [1.82, 2.24) is 20.0 Å². The maximum Gasteiger partial charge on any atom is 0.287 e. The van der Waals surface area contributed by atoms with E-state index in [0.29, 0.717) is 24.7 Å². The third-order valence-electron chi connectivity index (χ3n) is 2.61. The lowest BCUT2D eigenvalue weighted by Crippen LogP contribution is -2.26. The molecule has 0 radical (unpaired) electrons. The zero-order valence-corrected chi connectivity index (χ0v) is 12.1. The van der Waals surface area contributed by atoms with Crippen molar-refractivity contribution in [1.29, 1.82) is 0 Å². The molecule has 0 bridgehead atoms. The van der Waals surface area contributed by atoms with E-state index in [1.807, 2.05) is 19.9 Å². The Balaban J connectivity index is 2.13. The van der Waals surface area contributed by atoms with Gasteiger partial charge in [-0.3, -0.25) is 4.79 Å². The molecule has 0 saturated heterocycles. The summed E-state index contributed by atoms with van der Waals surface area (Å²) in [6.45, 7) is 5.01. The Morgan fingerprint density at radius 1 is 1.45 bits per heavy atom. The minimum atomic E-state index is -0.287. The molecule has 106 valence electrons. The SMILES string of the molecule is CC(C)Cn1ncc(NCc2cccnn2)c(Cl)c1=O. The molecule has 0 aliphatic heterocycles. The van der Waals surface area contributed by atoms with E-state index >= 15 is 0 Å². The fourth-order valence-electron chi connectivity index (χ4n) is 1.68. The number of aromatic nitrogens is 4. The number of anilines is 1. The molecule has 2 heterocycles. The summed E-state index contributed by atoms with van der Waals surface area (Å²) >= 11 is 6.08. The Hall–Kier alpha value is -1.95. The van der Waals surface area contributed by atoms with Crippen LogP contribution in [-0.2, 0) is 13.1 Å². The van der Waals surface area contributed by atoms with Crippen molar-refractivity contribution in [3.05, 3.63) is 45.6 Å². The lowest BCUT2D eigenvalue weighted by molar-refractivity contribution is 0.464. The molecule has 1 N–H and O–H groups in total. The van der Waals surface area contributed by atoms with Crippen molar-refractivity contribution in [2.75, 3.05) is 5.32 Å². The van der Waals surface area contributed by atoms with Crippen molar-refractivity contribution in [3.63, 3.8) is 0 Å². The third-order valence-corrected chi connectivity index (χ3v) is 2.98. The van der Waals surface area contributed by atoms with Crippen LogP contribution in [0, 0.1) is 5.92 Å². The normalized spacial score (nSPS) is 10.8. The van der Waals surface area contributed by atoms with Crippen molar-refractivity contribution < 1.29 is 0 Å². The predicted octanol–water partition coefficient (Wildman–Crippen LogP) is 1.95. The van der Waals surface area contributed by atoms with Crippen molar-refractivity contribution >= 4 is 17.3 Å². The second-order valence-electron chi connectivity index (χ2n) is 4.82. The van der Waals surface area contributed by atoms with Crippen LogP contribution >= 0.6 is 11.6 Å². The molecule has 0 spiro atoms. The van der Waals surface area contributed by atoms with Gasteiger partial charge in [-0.2, -0.15) is 15.3 Å². The first kappa shape index (κ1) is 14.5. The molecule has 0 fully saturated rings. The quantitative estimate of drug-likeness (QED) is 0.912. The van der Waals surface area contributed by atoms with Crippen LogP contribution in [-0.4, -0.2) is 20.0 Å². The van der Waals surface area contributed by atoms with Crippen molar-refractivity contribution in [3.8, 4) is 0 Å². The van der Waals surface area contributed by atoms with E-state index in [9.17, 15) is 4.79 Å². The number of nitrogens with one attached hydrogen (secondary N) is 1. The van der Waals surface area contributed by atoms with Gasteiger partial charge in [0.15, 0.2) is 0 Å². The number of nitrogens with zero attached hydrogens (tertiary/aromatic N) is 4. The fraction of sp³-hybridized carbons (Fsp3) is 0.385. The highest BCUT2D eigenvalue weighted by Gasteiger charge is 2.10. The summed E-state index contributed by atoms with van der Waals surface area (Å²) in [7, 11) is 0. The van der Waals surface area contributed by atoms with Gasteiger partial charge < -0.3 is 5.32 Å². The molecule has 0 saturated carbocycles. The maximum absolute atomic E-state index is 12.0. The molecule has 0 aliphatic carbocycles. The average Bonchev–Trinajstić information content (AvgIpc) is 2.44. The molecule has 0 amide bonds. The Bertz CT molecular complexity index is 626. The number of halogens is 1. The minimum Gasteiger partial charge on any atom is -0.377 e. The summed E-state index contributed by atoms with van der Waals surface area (Å²) in [6.07, 6.45) is 3.16. The first-order valence-corrected chi connectivity index (χ1v) is 6.71. The van der Waals surface area contributed by atoms with E-state index < -0.39 is 0 Å². The number of hydrogen-bond acceptors (Lipinski definition) is 5. The smallest absolute Gasteiger partial charge is 0.287 e. The van der Waals surface area contributed by atoms with Gasteiger partial charge >= 0.3 is 0 Å². The van der Waals surface area contributed by atoms with Crippen molar-refractivity contribution in [2.24, 2.45) is 5.92 Å². The van der Waals surface area contributed by atoms with Gasteiger partial charge in [0.2, 0.25) is 0 Å². The second kappa shape index (κ2) is 6.47. The molecule has 2 rings (SSSR count). The van der Waals surface area contributed by atoms with Gasteiger partial charge in [0.1, 0.15) is 5.02 Å². The van der Waals surface area contributed by atoms with Gasteiger partial charge in [-0.05, 0) is 18.1 Å². The molecule has 2 aromatic heterocycles. The van der Waals surface area contributed by atoms with Gasteiger partial charge in [-0.15, -0.1) is 0 Å². The van der Waals surface area contributed by atoms with Crippen LogP contribution in [0.15, 0.2) is 29.3 Å². The maximum atomic E-state index is 12.0. The first-order valence-electron chi connectivity index (χ1n) is 6.34. The lowest BCUT2D eigenvalue weighted by atomic mass is 10.2. The van der Waals surface area contributed by atoms with E-state index in [4.69, 9.17) is 11.6 Å². The second-order valence-corrected chi connectivity index (χ2v) is 5.20. The standard InChI is InChI=1S/C13H16ClN5O/c1-9(2)8-19-13(20)12(14)11(7-17-19)15-6-10-4-3-5-16-18-10/h3-5,7,9,15H,6,8H2,1-2H3. The third kappa shape index (κ3) is 3.54. The van der Waals surface area contributed by atoms with Crippen LogP contribution in [0.2, 0.25) is 5.02 Å². The summed E-state index contributed by atoms with van der Waals surface area (Å²) in [5, 5.41) is 15.0. The molecule has 0 aliphatic rings. The zero-order chi connectivity index (χ0) is 14.5. The largest absolute Gasteiger partial charge is 0.377 e. The zero-order valence-electron chi connectivity index (χ0n) is 11.4.